The average Bonchev–Trinajstić information content (AvgIpc) is 3.21. The van der Waals surface area contributed by atoms with E-state index >= 15 is 0 Å². The van der Waals surface area contributed by atoms with Crippen LogP contribution in [0, 0.1) is 17.3 Å². The second kappa shape index (κ2) is 7.75. The number of ether oxygens (including phenoxy) is 2. The first-order valence-electron chi connectivity index (χ1n) is 9.03. The molecule has 0 spiro atoms. The quantitative estimate of drug-likeness (QED) is 0.513. The van der Waals surface area contributed by atoms with Crippen molar-refractivity contribution >= 4 is 22.8 Å². The largest absolute Gasteiger partial charge is 0.459 e. The highest BCUT2D eigenvalue weighted by Crippen LogP contribution is 2.36. The summed E-state index contributed by atoms with van der Waals surface area (Å²) < 4.78 is 13.3. The van der Waals surface area contributed by atoms with Gasteiger partial charge in [-0.2, -0.15) is 0 Å². The van der Waals surface area contributed by atoms with Crippen LogP contribution in [0.5, 0.6) is 0 Å². The molecule has 9 nitrogen and oxygen atoms in total. The maximum absolute atomic E-state index is 12.3. The van der Waals surface area contributed by atoms with Crippen LogP contribution >= 0.6 is 0 Å². The molecule has 2 aromatic rings. The lowest BCUT2D eigenvalue weighted by Gasteiger charge is -2.22. The molecule has 0 bridgehead atoms. The first kappa shape index (κ1) is 20.1. The zero-order chi connectivity index (χ0) is 20.5. The summed E-state index contributed by atoms with van der Waals surface area (Å²) >= 11 is 0. The number of carbonyl (C=O) groups is 1. The Morgan fingerprint density at radius 1 is 1.46 bits per heavy atom. The fraction of sp³-hybridized carbons (Fsp3) is 0.526. The number of hydrogen-bond acceptors (Lipinski definition) is 8. The summed E-state index contributed by atoms with van der Waals surface area (Å²) in [5.74, 6) is 5.73. The molecule has 0 aliphatic carbocycles. The highest BCUT2D eigenvalue weighted by molar-refractivity contribution is 5.92. The summed E-state index contributed by atoms with van der Waals surface area (Å²) in [4.78, 5) is 20.6. The molecule has 150 valence electrons. The Labute approximate surface area is 163 Å². The number of rotatable bonds is 3. The number of aliphatic hydroxyl groups is 1. The lowest BCUT2D eigenvalue weighted by atomic mass is 9.97. The van der Waals surface area contributed by atoms with Crippen LogP contribution in [0.2, 0.25) is 0 Å². The number of aliphatic hydroxyl groups excluding tert-OH is 1. The molecule has 0 radical (unpaired) electrons. The number of nitrogens with two attached hydrogens (primary N) is 2. The van der Waals surface area contributed by atoms with E-state index in [4.69, 9.17) is 20.9 Å². The number of carbonyl (C=O) groups excluding carboxylic acids is 1. The molecule has 1 saturated heterocycles. The van der Waals surface area contributed by atoms with Gasteiger partial charge in [-0.15, -0.1) is 0 Å². The van der Waals surface area contributed by atoms with Crippen molar-refractivity contribution in [2.45, 2.75) is 45.6 Å². The first-order chi connectivity index (χ1) is 13.3. The van der Waals surface area contributed by atoms with E-state index in [1.54, 1.807) is 31.5 Å². The highest BCUT2D eigenvalue weighted by atomic mass is 16.6. The van der Waals surface area contributed by atoms with Gasteiger partial charge in [0.05, 0.1) is 29.5 Å². The molecule has 3 heterocycles. The molecule has 28 heavy (non-hydrogen) atoms. The summed E-state index contributed by atoms with van der Waals surface area (Å²) in [6.07, 6.45) is 1.79. The number of esters is 1. The van der Waals surface area contributed by atoms with Crippen molar-refractivity contribution in [3.8, 4) is 11.8 Å². The van der Waals surface area contributed by atoms with E-state index in [2.05, 4.69) is 21.8 Å². The zero-order valence-corrected chi connectivity index (χ0v) is 16.2. The molecule has 1 aliphatic heterocycles. The van der Waals surface area contributed by atoms with Crippen molar-refractivity contribution in [1.82, 2.24) is 14.5 Å². The van der Waals surface area contributed by atoms with E-state index < -0.39 is 23.9 Å². The van der Waals surface area contributed by atoms with Gasteiger partial charge in [-0.3, -0.25) is 4.79 Å². The Balaban J connectivity index is 1.95. The minimum absolute atomic E-state index is 0.206. The Bertz CT molecular complexity index is 937. The monoisotopic (exact) mass is 387 g/mol. The topological polar surface area (TPSA) is 139 Å². The van der Waals surface area contributed by atoms with Gasteiger partial charge in [-0.05, 0) is 20.8 Å². The van der Waals surface area contributed by atoms with Crippen molar-refractivity contribution in [3.05, 3.63) is 18.1 Å². The number of aromatic nitrogens is 3. The maximum atomic E-state index is 12.3. The third-order valence-corrected chi connectivity index (χ3v) is 4.51. The lowest BCUT2D eigenvalue weighted by Crippen LogP contribution is -2.34. The fourth-order valence-electron chi connectivity index (χ4n) is 3.04. The lowest BCUT2D eigenvalue weighted by molar-refractivity contribution is -0.162. The van der Waals surface area contributed by atoms with Gasteiger partial charge in [0, 0.05) is 12.6 Å². The molecule has 9 heteroatoms. The molecule has 3 atom stereocenters. The predicted octanol–water partition coefficient (Wildman–Crippen LogP) is 0.561. The average molecular weight is 387 g/mol. The smallest absolute Gasteiger partial charge is 0.311 e. The van der Waals surface area contributed by atoms with E-state index in [1.807, 2.05) is 0 Å². The summed E-state index contributed by atoms with van der Waals surface area (Å²) in [6, 6.07) is 0. The molecule has 0 amide bonds. The van der Waals surface area contributed by atoms with E-state index in [9.17, 15) is 9.90 Å². The number of anilines is 1. The number of fused-ring (bicyclic) bond motifs is 1. The number of hydrogen-bond donors (Lipinski definition) is 3. The van der Waals surface area contributed by atoms with Gasteiger partial charge in [0.2, 0.25) is 0 Å². The van der Waals surface area contributed by atoms with E-state index in [0.717, 1.165) is 0 Å². The maximum Gasteiger partial charge on any atom is 0.311 e. The summed E-state index contributed by atoms with van der Waals surface area (Å²) in [5.41, 5.74) is 12.0. The Morgan fingerprint density at radius 2 is 2.21 bits per heavy atom. The molecular formula is C19H25N5O4. The van der Waals surface area contributed by atoms with Crippen LogP contribution in [0.25, 0.3) is 11.0 Å². The second-order valence-electron chi connectivity index (χ2n) is 7.65. The summed E-state index contributed by atoms with van der Waals surface area (Å²) in [7, 11) is 0. The van der Waals surface area contributed by atoms with Crippen molar-refractivity contribution in [3.63, 3.8) is 0 Å². The van der Waals surface area contributed by atoms with Crippen molar-refractivity contribution in [1.29, 1.82) is 0 Å². The molecule has 2 aromatic heterocycles. The van der Waals surface area contributed by atoms with Crippen LogP contribution < -0.4 is 11.5 Å². The standard InChI is InChI=1S/C19H25N5O4/c1-19(2,3)18(26)28-12-7-14(27-13(12)9-25)24-8-11(5-4-6-20)15-16(21)22-10-23-17(15)24/h8,10,12-14,25H,6-7,9,20H2,1-3H3,(H2,21,22,23)/t12-,13+,14+/m0/s1. The van der Waals surface area contributed by atoms with Gasteiger partial charge in [0.15, 0.2) is 0 Å². The first-order valence-corrected chi connectivity index (χ1v) is 9.03. The molecule has 0 unspecified atom stereocenters. The molecule has 1 aliphatic rings. The van der Waals surface area contributed by atoms with Gasteiger partial charge in [0.1, 0.15) is 36.2 Å². The molecule has 0 saturated carbocycles. The minimum atomic E-state index is -0.648. The number of nitrogen functional groups attached to an aromatic ring is 1. The fourth-order valence-corrected chi connectivity index (χ4v) is 3.04. The van der Waals surface area contributed by atoms with Crippen LogP contribution in [0.15, 0.2) is 12.5 Å². The summed E-state index contributed by atoms with van der Waals surface area (Å²) in [6.45, 7) is 5.26. The van der Waals surface area contributed by atoms with Gasteiger partial charge in [0.25, 0.3) is 0 Å². The highest BCUT2D eigenvalue weighted by Gasteiger charge is 2.40. The molecular weight excluding hydrogens is 362 g/mol. The Kier molecular flexibility index (Phi) is 5.56. The molecule has 5 N–H and O–H groups in total. The Morgan fingerprint density at radius 3 is 2.86 bits per heavy atom. The van der Waals surface area contributed by atoms with Crippen molar-refractivity contribution < 1.29 is 19.4 Å². The van der Waals surface area contributed by atoms with Gasteiger partial charge in [-0.25, -0.2) is 9.97 Å². The molecule has 0 aromatic carbocycles. The van der Waals surface area contributed by atoms with Gasteiger partial charge < -0.3 is 30.6 Å². The minimum Gasteiger partial charge on any atom is -0.459 e. The normalized spacial score (nSPS) is 22.1. The van der Waals surface area contributed by atoms with Crippen LogP contribution in [-0.4, -0.2) is 51.0 Å². The van der Waals surface area contributed by atoms with E-state index in [1.165, 1.54) is 6.33 Å². The van der Waals surface area contributed by atoms with Gasteiger partial charge >= 0.3 is 5.97 Å². The van der Waals surface area contributed by atoms with Crippen LogP contribution in [0.4, 0.5) is 5.82 Å². The van der Waals surface area contributed by atoms with E-state index in [0.29, 0.717) is 28.8 Å². The third-order valence-electron chi connectivity index (χ3n) is 4.51. The molecule has 3 rings (SSSR count). The van der Waals surface area contributed by atoms with E-state index in [-0.39, 0.29) is 19.1 Å². The van der Waals surface area contributed by atoms with Crippen LogP contribution in [-0.2, 0) is 14.3 Å². The zero-order valence-electron chi connectivity index (χ0n) is 16.2. The van der Waals surface area contributed by atoms with Gasteiger partial charge in [-0.1, -0.05) is 11.8 Å². The Hall–Kier alpha value is -2.67. The summed E-state index contributed by atoms with van der Waals surface area (Å²) in [5, 5.41) is 10.3. The van der Waals surface area contributed by atoms with Crippen LogP contribution in [0.3, 0.4) is 0 Å². The predicted molar refractivity (Wildman–Crippen MR) is 103 cm³/mol. The SMILES string of the molecule is CC(C)(C)C(=O)O[C@H]1C[C@H](n2cc(C#CCN)c3c(N)ncnc32)O[C@@H]1CO. The van der Waals surface area contributed by atoms with Crippen molar-refractivity contribution in [2.24, 2.45) is 11.1 Å². The van der Waals surface area contributed by atoms with Crippen LogP contribution in [0.1, 0.15) is 39.0 Å². The number of nitrogens with zero attached hydrogens (tertiary/aromatic N) is 3. The van der Waals surface area contributed by atoms with Crippen molar-refractivity contribution in [2.75, 3.05) is 18.9 Å². The second-order valence-corrected chi connectivity index (χ2v) is 7.65. The third kappa shape index (κ3) is 3.80. The molecule has 1 fully saturated rings.